The van der Waals surface area contributed by atoms with E-state index in [9.17, 15) is 9.59 Å². The van der Waals surface area contributed by atoms with E-state index in [2.05, 4.69) is 10.3 Å². The average Bonchev–Trinajstić information content (AvgIpc) is 2.86. The maximum Gasteiger partial charge on any atom is 0.413 e. The summed E-state index contributed by atoms with van der Waals surface area (Å²) >= 11 is 0. The van der Waals surface area contributed by atoms with Crippen molar-refractivity contribution < 1.29 is 14.3 Å². The second-order valence-corrected chi connectivity index (χ2v) is 6.47. The van der Waals surface area contributed by atoms with Crippen molar-refractivity contribution in [3.63, 3.8) is 0 Å². The van der Waals surface area contributed by atoms with Crippen LogP contribution in [0.15, 0.2) is 18.3 Å². The number of amides is 2. The lowest BCUT2D eigenvalue weighted by Gasteiger charge is -2.23. The number of aromatic nitrogens is 1. The number of ether oxygens (including phenoxy) is 1. The number of nitrogens with zero attached hydrogens (tertiary/aromatic N) is 2. The van der Waals surface area contributed by atoms with Crippen molar-refractivity contribution in [3.8, 4) is 0 Å². The number of carbonyl (C=O) groups is 2. The normalized spacial score (nSPS) is 18.2. The van der Waals surface area contributed by atoms with Gasteiger partial charge in [0.1, 0.15) is 11.4 Å². The van der Waals surface area contributed by atoms with Crippen LogP contribution in [0.2, 0.25) is 0 Å². The van der Waals surface area contributed by atoms with Crippen LogP contribution in [0.25, 0.3) is 0 Å². The van der Waals surface area contributed by atoms with Gasteiger partial charge in [-0.2, -0.15) is 0 Å². The van der Waals surface area contributed by atoms with E-state index >= 15 is 0 Å². The molecular formula is C16H23N3O3. The largest absolute Gasteiger partial charge is 0.444 e. The van der Waals surface area contributed by atoms with Crippen LogP contribution in [0, 0.1) is 0 Å². The summed E-state index contributed by atoms with van der Waals surface area (Å²) in [5, 5.41) is 2.60. The number of hydrogen-bond donors (Lipinski definition) is 1. The number of hydrogen-bond acceptors (Lipinski definition) is 4. The summed E-state index contributed by atoms with van der Waals surface area (Å²) in [5.41, 5.74) is 0.443. The number of pyridine rings is 1. The van der Waals surface area contributed by atoms with Gasteiger partial charge in [-0.1, -0.05) is 6.07 Å². The highest BCUT2D eigenvalue weighted by Crippen LogP contribution is 2.31. The molecule has 1 atom stereocenters. The summed E-state index contributed by atoms with van der Waals surface area (Å²) in [5.74, 6) is 0.517. The van der Waals surface area contributed by atoms with E-state index in [-0.39, 0.29) is 11.9 Å². The molecule has 2 heterocycles. The van der Waals surface area contributed by atoms with Crippen LogP contribution in [0.4, 0.5) is 10.6 Å². The van der Waals surface area contributed by atoms with E-state index < -0.39 is 11.7 Å². The molecule has 6 nitrogen and oxygen atoms in total. The summed E-state index contributed by atoms with van der Waals surface area (Å²) in [6.45, 7) is 7.79. The van der Waals surface area contributed by atoms with Gasteiger partial charge in [0, 0.05) is 19.7 Å². The van der Waals surface area contributed by atoms with Gasteiger partial charge >= 0.3 is 6.09 Å². The molecule has 1 aromatic heterocycles. The summed E-state index contributed by atoms with van der Waals surface area (Å²) in [6, 6.07) is 3.71. The van der Waals surface area contributed by atoms with Gasteiger partial charge in [-0.3, -0.25) is 10.1 Å². The molecule has 0 bridgehead atoms. The SMILES string of the molecule is CC(=O)N1CCC[C@@H]1c1ccc(NC(=O)OC(C)(C)C)nc1. The van der Waals surface area contributed by atoms with Gasteiger partial charge in [0.2, 0.25) is 5.91 Å². The molecule has 0 radical (unpaired) electrons. The topological polar surface area (TPSA) is 71.5 Å². The predicted octanol–water partition coefficient (Wildman–Crippen LogP) is 3.11. The molecule has 0 spiro atoms. The molecule has 1 aliphatic rings. The Labute approximate surface area is 130 Å². The van der Waals surface area contributed by atoms with Crippen LogP contribution in [0.5, 0.6) is 0 Å². The second kappa shape index (κ2) is 6.34. The van der Waals surface area contributed by atoms with E-state index in [1.165, 1.54) is 0 Å². The van der Waals surface area contributed by atoms with Crippen LogP contribution in [-0.2, 0) is 9.53 Å². The van der Waals surface area contributed by atoms with Crippen molar-refractivity contribution >= 4 is 17.8 Å². The number of carbonyl (C=O) groups excluding carboxylic acids is 2. The maximum atomic E-state index is 11.7. The summed E-state index contributed by atoms with van der Waals surface area (Å²) in [7, 11) is 0. The zero-order chi connectivity index (χ0) is 16.3. The molecule has 1 fully saturated rings. The fourth-order valence-electron chi connectivity index (χ4n) is 2.57. The fraction of sp³-hybridized carbons (Fsp3) is 0.562. The Hall–Kier alpha value is -2.11. The van der Waals surface area contributed by atoms with Gasteiger partial charge in [-0.25, -0.2) is 9.78 Å². The fourth-order valence-corrected chi connectivity index (χ4v) is 2.57. The third kappa shape index (κ3) is 4.19. The Morgan fingerprint density at radius 2 is 2.09 bits per heavy atom. The van der Waals surface area contributed by atoms with E-state index in [0.29, 0.717) is 5.82 Å². The standard InChI is InChI=1S/C16H23N3O3/c1-11(20)19-9-5-6-13(19)12-7-8-14(17-10-12)18-15(21)22-16(2,3)4/h7-8,10,13H,5-6,9H2,1-4H3,(H,17,18,21)/t13-/m1/s1. The minimum absolute atomic E-state index is 0.0819. The van der Waals surface area contributed by atoms with Crippen LogP contribution < -0.4 is 5.32 Å². The highest BCUT2D eigenvalue weighted by atomic mass is 16.6. The zero-order valence-corrected chi connectivity index (χ0v) is 13.5. The van der Waals surface area contributed by atoms with Crippen molar-refractivity contribution in [2.75, 3.05) is 11.9 Å². The van der Waals surface area contributed by atoms with Crippen molar-refractivity contribution in [2.24, 2.45) is 0 Å². The molecule has 1 saturated heterocycles. The molecule has 2 rings (SSSR count). The smallest absolute Gasteiger partial charge is 0.413 e. The van der Waals surface area contributed by atoms with Gasteiger partial charge in [0.15, 0.2) is 0 Å². The monoisotopic (exact) mass is 305 g/mol. The molecule has 120 valence electrons. The maximum absolute atomic E-state index is 11.7. The highest BCUT2D eigenvalue weighted by molar-refractivity contribution is 5.83. The number of rotatable bonds is 2. The quantitative estimate of drug-likeness (QED) is 0.911. The van der Waals surface area contributed by atoms with Gasteiger partial charge in [-0.05, 0) is 45.2 Å². The number of anilines is 1. The van der Waals surface area contributed by atoms with Gasteiger partial charge in [0.05, 0.1) is 6.04 Å². The van der Waals surface area contributed by atoms with Crippen molar-refractivity contribution in [3.05, 3.63) is 23.9 Å². The van der Waals surface area contributed by atoms with Crippen LogP contribution >= 0.6 is 0 Å². The van der Waals surface area contributed by atoms with Gasteiger partial charge in [-0.15, -0.1) is 0 Å². The minimum atomic E-state index is -0.546. The summed E-state index contributed by atoms with van der Waals surface area (Å²) < 4.78 is 5.18. The van der Waals surface area contributed by atoms with Crippen LogP contribution in [0.1, 0.15) is 52.1 Å². The first-order chi connectivity index (χ1) is 10.3. The van der Waals surface area contributed by atoms with Crippen LogP contribution in [-0.4, -0.2) is 34.0 Å². The van der Waals surface area contributed by atoms with Gasteiger partial charge < -0.3 is 9.64 Å². The van der Waals surface area contributed by atoms with Crippen molar-refractivity contribution in [2.45, 2.75) is 52.2 Å². The lowest BCUT2D eigenvalue weighted by Crippen LogP contribution is -2.28. The Balaban J connectivity index is 2.01. The highest BCUT2D eigenvalue weighted by Gasteiger charge is 2.28. The average molecular weight is 305 g/mol. The van der Waals surface area contributed by atoms with Crippen molar-refractivity contribution in [1.29, 1.82) is 0 Å². The number of nitrogens with one attached hydrogen (secondary N) is 1. The van der Waals surface area contributed by atoms with E-state index in [1.807, 2.05) is 11.0 Å². The van der Waals surface area contributed by atoms with Gasteiger partial charge in [0.25, 0.3) is 0 Å². The number of likely N-dealkylation sites (tertiary alicyclic amines) is 1. The predicted molar refractivity (Wildman–Crippen MR) is 83.5 cm³/mol. The van der Waals surface area contributed by atoms with Crippen molar-refractivity contribution in [1.82, 2.24) is 9.88 Å². The third-order valence-electron chi connectivity index (χ3n) is 3.46. The molecule has 1 aliphatic heterocycles. The van der Waals surface area contributed by atoms with E-state index in [4.69, 9.17) is 4.74 Å². The lowest BCUT2D eigenvalue weighted by molar-refractivity contribution is -0.129. The minimum Gasteiger partial charge on any atom is -0.444 e. The van der Waals surface area contributed by atoms with Crippen LogP contribution in [0.3, 0.4) is 0 Å². The first-order valence-corrected chi connectivity index (χ1v) is 7.49. The molecule has 1 N–H and O–H groups in total. The first kappa shape index (κ1) is 16.3. The van der Waals surface area contributed by atoms with E-state index in [0.717, 1.165) is 24.9 Å². The Bertz CT molecular complexity index is 549. The molecule has 6 heteroatoms. The van der Waals surface area contributed by atoms with E-state index in [1.54, 1.807) is 40.0 Å². The summed E-state index contributed by atoms with van der Waals surface area (Å²) in [6.07, 6.45) is 3.12. The molecule has 1 aromatic rings. The first-order valence-electron chi connectivity index (χ1n) is 7.49. The molecule has 0 aliphatic carbocycles. The molecular weight excluding hydrogens is 282 g/mol. The molecule has 0 aromatic carbocycles. The molecule has 0 saturated carbocycles. The molecule has 0 unspecified atom stereocenters. The lowest BCUT2D eigenvalue weighted by atomic mass is 10.1. The Morgan fingerprint density at radius 3 is 2.64 bits per heavy atom. The Morgan fingerprint density at radius 1 is 1.36 bits per heavy atom. The Kier molecular flexibility index (Phi) is 4.68. The summed E-state index contributed by atoms with van der Waals surface area (Å²) in [4.78, 5) is 29.4. The molecule has 22 heavy (non-hydrogen) atoms. The second-order valence-electron chi connectivity index (χ2n) is 6.47. The molecule has 2 amide bonds. The zero-order valence-electron chi connectivity index (χ0n) is 13.5. The third-order valence-corrected chi connectivity index (χ3v) is 3.46.